The van der Waals surface area contributed by atoms with Gasteiger partial charge in [-0.05, 0) is 43.0 Å². The fourth-order valence-corrected chi connectivity index (χ4v) is 5.02. The molecule has 1 amide bonds. The van der Waals surface area contributed by atoms with Crippen LogP contribution in [0.2, 0.25) is 0 Å². The number of unbranched alkanes of at least 4 members (excludes halogenated alkanes) is 1. The molecular formula is C14H19NO2S2. The molecule has 104 valence electrons. The van der Waals surface area contributed by atoms with Gasteiger partial charge in [-0.15, -0.1) is 0 Å². The topological polar surface area (TPSA) is 49.3 Å². The van der Waals surface area contributed by atoms with E-state index in [-0.39, 0.29) is 11.7 Å². The van der Waals surface area contributed by atoms with Gasteiger partial charge in [0.25, 0.3) is 0 Å². The van der Waals surface area contributed by atoms with Gasteiger partial charge >= 0.3 is 0 Å². The quantitative estimate of drug-likeness (QED) is 0.475. The largest absolute Gasteiger partial charge is 0.508 e. The number of benzene rings is 1. The third-order valence-electron chi connectivity index (χ3n) is 3.11. The molecule has 19 heavy (non-hydrogen) atoms. The fourth-order valence-electron chi connectivity index (χ4n) is 1.99. The predicted molar refractivity (Wildman–Crippen MR) is 83.6 cm³/mol. The minimum atomic E-state index is 0.0564. The van der Waals surface area contributed by atoms with Crippen LogP contribution in [-0.2, 0) is 4.79 Å². The number of nitrogens with one attached hydrogen (secondary N) is 1. The molecule has 5 heteroatoms. The summed E-state index contributed by atoms with van der Waals surface area (Å²) in [6.45, 7) is 0. The standard InChI is InChI=1S/C14H19NO2S2/c16-13-7-5-12(6-8-13)15-14(17)4-2-1-3-11-9-18-19-10-11/h5-8,11,16H,1-4,9-10H2,(H,15,17). The van der Waals surface area contributed by atoms with Crippen molar-refractivity contribution < 1.29 is 9.90 Å². The highest BCUT2D eigenvalue weighted by atomic mass is 33.1. The molecular weight excluding hydrogens is 278 g/mol. The van der Waals surface area contributed by atoms with Crippen LogP contribution >= 0.6 is 21.6 Å². The van der Waals surface area contributed by atoms with E-state index in [0.29, 0.717) is 6.42 Å². The second kappa shape index (κ2) is 7.70. The van der Waals surface area contributed by atoms with Gasteiger partial charge in [-0.25, -0.2) is 0 Å². The van der Waals surface area contributed by atoms with Crippen molar-refractivity contribution in [1.29, 1.82) is 0 Å². The average Bonchev–Trinajstić information content (AvgIpc) is 2.91. The molecule has 0 radical (unpaired) electrons. The van der Waals surface area contributed by atoms with Crippen LogP contribution < -0.4 is 5.32 Å². The number of carbonyl (C=O) groups is 1. The zero-order chi connectivity index (χ0) is 13.5. The number of hydrogen-bond donors (Lipinski definition) is 2. The van der Waals surface area contributed by atoms with Crippen LogP contribution in [0.15, 0.2) is 24.3 Å². The minimum absolute atomic E-state index is 0.0564. The second-order valence-corrected chi connectivity index (χ2v) is 7.33. The maximum Gasteiger partial charge on any atom is 0.224 e. The summed E-state index contributed by atoms with van der Waals surface area (Å²) in [4.78, 5) is 11.7. The zero-order valence-corrected chi connectivity index (χ0v) is 12.4. The van der Waals surface area contributed by atoms with Crippen LogP contribution in [0.5, 0.6) is 5.75 Å². The van der Waals surface area contributed by atoms with Gasteiger partial charge in [0, 0.05) is 23.6 Å². The Labute approximate surface area is 121 Å². The first-order valence-electron chi connectivity index (χ1n) is 6.57. The molecule has 0 saturated carbocycles. The van der Waals surface area contributed by atoms with Gasteiger partial charge in [-0.2, -0.15) is 0 Å². The molecule has 0 unspecified atom stereocenters. The normalized spacial score (nSPS) is 15.6. The lowest BCUT2D eigenvalue weighted by molar-refractivity contribution is -0.116. The average molecular weight is 297 g/mol. The van der Waals surface area contributed by atoms with Crippen LogP contribution in [0, 0.1) is 5.92 Å². The third kappa shape index (κ3) is 5.37. The lowest BCUT2D eigenvalue weighted by atomic mass is 10.0. The Balaban J connectivity index is 1.60. The molecule has 1 heterocycles. The number of amides is 1. The number of rotatable bonds is 6. The molecule has 2 N–H and O–H groups in total. The summed E-state index contributed by atoms with van der Waals surface area (Å²) in [6.07, 6.45) is 3.91. The molecule has 3 nitrogen and oxygen atoms in total. The van der Waals surface area contributed by atoms with E-state index in [1.807, 2.05) is 21.6 Å². The lowest BCUT2D eigenvalue weighted by Crippen LogP contribution is -2.11. The first-order chi connectivity index (χ1) is 9.24. The SMILES string of the molecule is O=C(CCCCC1CSSC1)Nc1ccc(O)cc1. The maximum absolute atomic E-state index is 11.7. The van der Waals surface area contributed by atoms with Crippen LogP contribution in [0.4, 0.5) is 5.69 Å². The van der Waals surface area contributed by atoms with E-state index in [1.54, 1.807) is 24.3 Å². The molecule has 0 spiro atoms. The highest BCUT2D eigenvalue weighted by molar-refractivity contribution is 8.77. The lowest BCUT2D eigenvalue weighted by Gasteiger charge is -2.07. The zero-order valence-electron chi connectivity index (χ0n) is 10.8. The smallest absolute Gasteiger partial charge is 0.224 e. The Kier molecular flexibility index (Phi) is 5.92. The van der Waals surface area contributed by atoms with Crippen molar-refractivity contribution in [3.8, 4) is 5.75 Å². The van der Waals surface area contributed by atoms with Gasteiger partial charge < -0.3 is 10.4 Å². The fraction of sp³-hybridized carbons (Fsp3) is 0.500. The molecule has 0 bridgehead atoms. The van der Waals surface area contributed by atoms with E-state index in [9.17, 15) is 4.79 Å². The van der Waals surface area contributed by atoms with Crippen LogP contribution in [0.25, 0.3) is 0 Å². The van der Waals surface area contributed by atoms with Crippen molar-refractivity contribution in [3.63, 3.8) is 0 Å². The summed E-state index contributed by atoms with van der Waals surface area (Å²) >= 11 is 0. The number of hydrogen-bond acceptors (Lipinski definition) is 4. The van der Waals surface area contributed by atoms with Crippen LogP contribution in [-0.4, -0.2) is 22.5 Å². The highest BCUT2D eigenvalue weighted by Gasteiger charge is 2.15. The number of phenolic OH excluding ortho intramolecular Hbond substituents is 1. The Morgan fingerprint density at radius 3 is 2.58 bits per heavy atom. The summed E-state index contributed by atoms with van der Waals surface area (Å²) in [7, 11) is 3.93. The van der Waals surface area contributed by atoms with Gasteiger partial charge in [0.05, 0.1) is 0 Å². The van der Waals surface area contributed by atoms with Gasteiger partial charge in [-0.3, -0.25) is 4.79 Å². The summed E-state index contributed by atoms with van der Waals surface area (Å²) in [5, 5.41) is 12.0. The molecule has 1 fully saturated rings. The molecule has 0 aliphatic carbocycles. The summed E-state index contributed by atoms with van der Waals surface area (Å²) in [6, 6.07) is 6.57. The second-order valence-electron chi connectivity index (χ2n) is 4.78. The maximum atomic E-state index is 11.7. The van der Waals surface area contributed by atoms with Crippen LogP contribution in [0.3, 0.4) is 0 Å². The van der Waals surface area contributed by atoms with E-state index >= 15 is 0 Å². The first kappa shape index (κ1) is 14.6. The number of anilines is 1. The molecule has 1 saturated heterocycles. The minimum Gasteiger partial charge on any atom is -0.508 e. The predicted octanol–water partition coefficient (Wildman–Crippen LogP) is 3.90. The van der Waals surface area contributed by atoms with E-state index in [4.69, 9.17) is 5.11 Å². The van der Waals surface area contributed by atoms with Crippen molar-refractivity contribution in [2.24, 2.45) is 5.92 Å². The molecule has 1 aromatic carbocycles. The van der Waals surface area contributed by atoms with E-state index in [0.717, 1.165) is 24.4 Å². The molecule has 2 rings (SSSR count). The molecule has 0 atom stereocenters. The molecule has 1 aliphatic heterocycles. The highest BCUT2D eigenvalue weighted by Crippen LogP contribution is 2.36. The van der Waals surface area contributed by atoms with Crippen molar-refractivity contribution in [2.75, 3.05) is 16.8 Å². The van der Waals surface area contributed by atoms with Crippen molar-refractivity contribution in [3.05, 3.63) is 24.3 Å². The first-order valence-corrected chi connectivity index (χ1v) is 9.06. The van der Waals surface area contributed by atoms with Gasteiger partial charge in [0.1, 0.15) is 5.75 Å². The number of phenols is 1. The monoisotopic (exact) mass is 297 g/mol. The Bertz CT molecular complexity index is 402. The van der Waals surface area contributed by atoms with Crippen molar-refractivity contribution in [2.45, 2.75) is 25.7 Å². The molecule has 1 aromatic rings. The van der Waals surface area contributed by atoms with Crippen molar-refractivity contribution in [1.82, 2.24) is 0 Å². The number of carbonyl (C=O) groups excluding carboxylic acids is 1. The van der Waals surface area contributed by atoms with Crippen molar-refractivity contribution >= 4 is 33.2 Å². The van der Waals surface area contributed by atoms with Gasteiger partial charge in [0.2, 0.25) is 5.91 Å². The summed E-state index contributed by atoms with van der Waals surface area (Å²) in [5.74, 6) is 3.65. The third-order valence-corrected chi connectivity index (χ3v) is 5.81. The Morgan fingerprint density at radius 1 is 1.21 bits per heavy atom. The molecule has 0 aromatic heterocycles. The van der Waals surface area contributed by atoms with E-state index in [2.05, 4.69) is 5.32 Å². The van der Waals surface area contributed by atoms with E-state index in [1.165, 1.54) is 17.9 Å². The summed E-state index contributed by atoms with van der Waals surface area (Å²) in [5.41, 5.74) is 0.742. The van der Waals surface area contributed by atoms with Gasteiger partial charge in [0.15, 0.2) is 0 Å². The Morgan fingerprint density at radius 2 is 1.89 bits per heavy atom. The van der Waals surface area contributed by atoms with E-state index < -0.39 is 0 Å². The Hall–Kier alpha value is -0.810. The molecule has 1 aliphatic rings. The summed E-state index contributed by atoms with van der Waals surface area (Å²) < 4.78 is 0. The number of aromatic hydroxyl groups is 1. The van der Waals surface area contributed by atoms with Gasteiger partial charge in [-0.1, -0.05) is 28.0 Å². The van der Waals surface area contributed by atoms with Crippen LogP contribution in [0.1, 0.15) is 25.7 Å².